The van der Waals surface area contributed by atoms with E-state index in [1.807, 2.05) is 23.6 Å². The summed E-state index contributed by atoms with van der Waals surface area (Å²) in [5.74, 6) is 0.946. The van der Waals surface area contributed by atoms with Crippen molar-refractivity contribution in [3.05, 3.63) is 35.3 Å². The maximum atomic E-state index is 12.6. The Hall–Kier alpha value is -2.61. The summed E-state index contributed by atoms with van der Waals surface area (Å²) >= 11 is 1.43. The van der Waals surface area contributed by atoms with Gasteiger partial charge in [0.1, 0.15) is 5.75 Å². The topological polar surface area (TPSA) is 74.8 Å². The molecule has 29 heavy (non-hydrogen) atoms. The maximum absolute atomic E-state index is 12.6. The van der Waals surface area contributed by atoms with E-state index in [1.165, 1.54) is 11.3 Å². The molecule has 7 nitrogen and oxygen atoms in total. The molecule has 2 fully saturated rings. The van der Waals surface area contributed by atoms with Gasteiger partial charge in [-0.3, -0.25) is 14.5 Å². The number of nitrogens with zero attached hydrogens (tertiary/aromatic N) is 3. The summed E-state index contributed by atoms with van der Waals surface area (Å²) in [6, 6.07) is 8.08. The Morgan fingerprint density at radius 1 is 1.31 bits per heavy atom. The molecule has 0 aliphatic carbocycles. The first-order chi connectivity index (χ1) is 14.1. The summed E-state index contributed by atoms with van der Waals surface area (Å²) in [4.78, 5) is 32.9. The fourth-order valence-corrected chi connectivity index (χ4v) is 4.87. The third-order valence-corrected chi connectivity index (χ3v) is 6.31. The van der Waals surface area contributed by atoms with Crippen molar-refractivity contribution < 1.29 is 14.3 Å². The molecule has 0 spiro atoms. The van der Waals surface area contributed by atoms with Crippen LogP contribution in [-0.2, 0) is 16.0 Å². The number of benzene rings is 1. The van der Waals surface area contributed by atoms with E-state index in [2.05, 4.69) is 21.3 Å². The second-order valence-corrected chi connectivity index (χ2v) is 8.31. The van der Waals surface area contributed by atoms with Gasteiger partial charge in [-0.15, -0.1) is 11.3 Å². The number of rotatable bonds is 6. The average Bonchev–Trinajstić information content (AvgIpc) is 3.36. The fourth-order valence-electron chi connectivity index (χ4n) is 4.00. The molecule has 3 heterocycles. The number of anilines is 2. The van der Waals surface area contributed by atoms with Gasteiger partial charge in [0.25, 0.3) is 0 Å². The van der Waals surface area contributed by atoms with Crippen LogP contribution in [0.1, 0.15) is 31.4 Å². The third kappa shape index (κ3) is 4.53. The molecular weight excluding hydrogens is 388 g/mol. The van der Waals surface area contributed by atoms with E-state index >= 15 is 0 Å². The van der Waals surface area contributed by atoms with Crippen LogP contribution in [0.3, 0.4) is 0 Å². The van der Waals surface area contributed by atoms with Gasteiger partial charge in [0, 0.05) is 37.5 Å². The lowest BCUT2D eigenvalue weighted by atomic mass is 10.0. The molecule has 4 rings (SSSR count). The van der Waals surface area contributed by atoms with Crippen LogP contribution in [0, 0.1) is 0 Å². The minimum Gasteiger partial charge on any atom is -0.495 e. The van der Waals surface area contributed by atoms with Crippen LogP contribution in [-0.4, -0.2) is 49.6 Å². The summed E-state index contributed by atoms with van der Waals surface area (Å²) in [6.07, 6.45) is 3.67. The molecule has 8 heteroatoms. The number of hydrogen-bond donors (Lipinski definition) is 1. The van der Waals surface area contributed by atoms with Crippen LogP contribution in [0.2, 0.25) is 0 Å². The lowest BCUT2D eigenvalue weighted by Gasteiger charge is -2.35. The number of piperidine rings is 1. The number of para-hydroxylation sites is 2. The van der Waals surface area contributed by atoms with E-state index in [0.29, 0.717) is 11.6 Å². The van der Waals surface area contributed by atoms with Crippen LogP contribution in [0.25, 0.3) is 0 Å². The lowest BCUT2D eigenvalue weighted by Crippen LogP contribution is -2.48. The maximum Gasteiger partial charge on any atom is 0.228 e. The molecule has 2 aromatic rings. The number of methoxy groups -OCH3 is 1. The third-order valence-electron chi connectivity index (χ3n) is 5.40. The highest BCUT2D eigenvalue weighted by atomic mass is 32.1. The molecule has 1 aromatic carbocycles. The number of amides is 2. The minimum absolute atomic E-state index is 0.0264. The molecule has 1 atom stereocenters. The zero-order chi connectivity index (χ0) is 20.2. The van der Waals surface area contributed by atoms with Crippen molar-refractivity contribution in [2.45, 2.75) is 38.1 Å². The van der Waals surface area contributed by atoms with Crippen LogP contribution in [0.15, 0.2) is 29.6 Å². The monoisotopic (exact) mass is 414 g/mol. The van der Waals surface area contributed by atoms with Gasteiger partial charge >= 0.3 is 0 Å². The molecule has 154 valence electrons. The number of ether oxygens (including phenoxy) is 1. The SMILES string of the molecule is COc1ccccc1N1CCCC(NC(=O)Cc2csc(N3CCCC3=O)n2)C1. The Balaban J connectivity index is 1.34. The van der Waals surface area contributed by atoms with Gasteiger partial charge in [-0.05, 0) is 31.4 Å². The van der Waals surface area contributed by atoms with E-state index in [-0.39, 0.29) is 24.3 Å². The van der Waals surface area contributed by atoms with E-state index < -0.39 is 0 Å². The summed E-state index contributed by atoms with van der Waals surface area (Å²) in [6.45, 7) is 2.43. The zero-order valence-electron chi connectivity index (χ0n) is 16.6. The number of aromatic nitrogens is 1. The van der Waals surface area contributed by atoms with Crippen LogP contribution in [0.5, 0.6) is 5.75 Å². The molecule has 1 aromatic heterocycles. The van der Waals surface area contributed by atoms with E-state index in [4.69, 9.17) is 4.74 Å². The molecule has 0 saturated carbocycles. The highest BCUT2D eigenvalue weighted by Crippen LogP contribution is 2.30. The van der Waals surface area contributed by atoms with Crippen molar-refractivity contribution in [2.24, 2.45) is 0 Å². The zero-order valence-corrected chi connectivity index (χ0v) is 17.4. The van der Waals surface area contributed by atoms with Gasteiger partial charge in [-0.25, -0.2) is 4.98 Å². The Kier molecular flexibility index (Phi) is 5.99. The summed E-state index contributed by atoms with van der Waals surface area (Å²) in [5.41, 5.74) is 1.79. The first-order valence-corrected chi connectivity index (χ1v) is 10.9. The molecule has 0 bridgehead atoms. The predicted molar refractivity (Wildman–Crippen MR) is 114 cm³/mol. The number of carbonyl (C=O) groups excluding carboxylic acids is 2. The molecule has 2 saturated heterocycles. The van der Waals surface area contributed by atoms with Gasteiger partial charge in [-0.2, -0.15) is 0 Å². The molecule has 2 aliphatic heterocycles. The van der Waals surface area contributed by atoms with Crippen LogP contribution >= 0.6 is 11.3 Å². The quantitative estimate of drug-likeness (QED) is 0.787. The van der Waals surface area contributed by atoms with E-state index in [9.17, 15) is 9.59 Å². The Morgan fingerprint density at radius 2 is 2.17 bits per heavy atom. The van der Waals surface area contributed by atoms with E-state index in [0.717, 1.165) is 56.0 Å². The molecular formula is C21H26N4O3S. The molecule has 0 radical (unpaired) electrons. The smallest absolute Gasteiger partial charge is 0.228 e. The van der Waals surface area contributed by atoms with Gasteiger partial charge in [0.2, 0.25) is 11.8 Å². The summed E-state index contributed by atoms with van der Waals surface area (Å²) in [5, 5.41) is 5.74. The number of carbonyl (C=O) groups is 2. The van der Waals surface area contributed by atoms with Crippen LogP contribution < -0.4 is 19.9 Å². The number of hydrogen-bond acceptors (Lipinski definition) is 6. The Labute approximate surface area is 174 Å². The normalized spacial score (nSPS) is 19.5. The molecule has 1 unspecified atom stereocenters. The second kappa shape index (κ2) is 8.82. The lowest BCUT2D eigenvalue weighted by molar-refractivity contribution is -0.121. The first kappa shape index (κ1) is 19.7. The van der Waals surface area contributed by atoms with Gasteiger partial charge in [-0.1, -0.05) is 12.1 Å². The van der Waals surface area contributed by atoms with Gasteiger partial charge in [0.15, 0.2) is 5.13 Å². The van der Waals surface area contributed by atoms with Crippen molar-refractivity contribution in [2.75, 3.05) is 36.5 Å². The largest absolute Gasteiger partial charge is 0.495 e. The Bertz CT molecular complexity index is 884. The average molecular weight is 415 g/mol. The van der Waals surface area contributed by atoms with Gasteiger partial charge < -0.3 is 15.0 Å². The van der Waals surface area contributed by atoms with E-state index in [1.54, 1.807) is 12.0 Å². The number of nitrogens with one attached hydrogen (secondary N) is 1. The highest BCUT2D eigenvalue weighted by Gasteiger charge is 2.26. The van der Waals surface area contributed by atoms with Crippen molar-refractivity contribution in [1.29, 1.82) is 0 Å². The molecule has 2 aliphatic rings. The van der Waals surface area contributed by atoms with Crippen molar-refractivity contribution in [3.8, 4) is 5.75 Å². The van der Waals surface area contributed by atoms with Crippen LogP contribution in [0.4, 0.5) is 10.8 Å². The standard InChI is InChI=1S/C21H26N4O3S/c1-28-18-8-3-2-7-17(18)24-10-4-6-15(13-24)22-19(26)12-16-14-29-21(23-16)25-11-5-9-20(25)27/h2-3,7-8,14-15H,4-6,9-13H2,1H3,(H,22,26). The second-order valence-electron chi connectivity index (χ2n) is 7.47. The number of thiazole rings is 1. The minimum atomic E-state index is -0.0264. The fraction of sp³-hybridized carbons (Fsp3) is 0.476. The van der Waals surface area contributed by atoms with Crippen molar-refractivity contribution in [1.82, 2.24) is 10.3 Å². The summed E-state index contributed by atoms with van der Waals surface area (Å²) < 4.78 is 5.48. The first-order valence-electron chi connectivity index (χ1n) is 10.1. The predicted octanol–water partition coefficient (Wildman–Crippen LogP) is 2.61. The molecule has 1 N–H and O–H groups in total. The molecule has 2 amide bonds. The van der Waals surface area contributed by atoms with Crippen molar-refractivity contribution in [3.63, 3.8) is 0 Å². The Morgan fingerprint density at radius 3 is 2.97 bits per heavy atom. The highest BCUT2D eigenvalue weighted by molar-refractivity contribution is 7.14. The van der Waals surface area contributed by atoms with Gasteiger partial charge in [0.05, 0.1) is 24.9 Å². The summed E-state index contributed by atoms with van der Waals surface area (Å²) in [7, 11) is 1.68. The van der Waals surface area contributed by atoms with Crippen molar-refractivity contribution >= 4 is 34.0 Å².